The average molecular weight is 1530 g/mol. The van der Waals surface area contributed by atoms with Crippen LogP contribution in [0.25, 0.3) is 230 Å². The molecule has 23 aromatic rings. The van der Waals surface area contributed by atoms with E-state index in [4.69, 9.17) is 38.7 Å². The Kier molecular flexibility index (Phi) is 17.0. The molecule has 10 heteroatoms. The Morgan fingerprint density at radius 3 is 1.15 bits per heavy atom. The standard InChI is InChI=1S/C57H35N3OS.C50H31N3OS/c1-4-15-36(16-5-1)42-32-43(37-17-6-2-7-18-37)34-44(33-42)39-29-30-48-51(35-39)61-50-27-14-26-49(53(48)50)57-59-55(38-19-8-3-9-20-38)58-56(60-57)41-22-12-21-40(31-41)45-24-13-25-47-46-23-10-11-28-52(46)62-54(45)47;1-30-12-9-16-32(26-30)33-24-25-39-43(29-33)54-42-22-11-21-40(46(39)42)50-52-48(31-13-3-2-4-14-31)51-49(53-50)36-18-10-17-35(27-36)45-37-19-6-5-15-34(37)28-41-38-20-7-8-23-44(38)55-47(41)45/h1-35H;2-29H,1H3. The van der Waals surface area contributed by atoms with Crippen molar-refractivity contribution in [3.8, 4) is 135 Å². The monoisotopic (exact) mass is 1530 g/mol. The summed E-state index contributed by atoms with van der Waals surface area (Å²) in [7, 11) is 0. The summed E-state index contributed by atoms with van der Waals surface area (Å²) in [5.41, 5.74) is 23.7. The Labute approximate surface area is 681 Å². The largest absolute Gasteiger partial charge is 0.456 e. The molecule has 0 saturated heterocycles. The van der Waals surface area contributed by atoms with Crippen molar-refractivity contribution in [3.05, 3.63) is 388 Å². The summed E-state index contributed by atoms with van der Waals surface area (Å²) in [5.74, 6) is 3.65. The lowest BCUT2D eigenvalue weighted by atomic mass is 9.93. The average Bonchev–Trinajstić information content (AvgIpc) is 1.61. The van der Waals surface area contributed by atoms with E-state index in [-0.39, 0.29) is 0 Å². The first kappa shape index (κ1) is 68.8. The number of nitrogens with zero attached hydrogens (tertiary/aromatic N) is 6. The number of thiophene rings is 2. The van der Waals surface area contributed by atoms with Gasteiger partial charge in [-0.1, -0.05) is 303 Å². The summed E-state index contributed by atoms with van der Waals surface area (Å²) < 4.78 is 18.3. The van der Waals surface area contributed by atoms with Gasteiger partial charge in [0, 0.05) is 101 Å². The van der Waals surface area contributed by atoms with Gasteiger partial charge in [-0.05, 0) is 164 Å². The highest BCUT2D eigenvalue weighted by molar-refractivity contribution is 7.26. The lowest BCUT2D eigenvalue weighted by Gasteiger charge is -2.12. The number of benzene rings is 17. The topological polar surface area (TPSA) is 104 Å². The van der Waals surface area contributed by atoms with Crippen molar-refractivity contribution >= 4 is 118 Å². The van der Waals surface area contributed by atoms with Gasteiger partial charge in [0.05, 0.1) is 0 Å². The van der Waals surface area contributed by atoms with Crippen molar-refractivity contribution in [2.24, 2.45) is 0 Å². The lowest BCUT2D eigenvalue weighted by Crippen LogP contribution is -2.00. The summed E-state index contributed by atoms with van der Waals surface area (Å²) in [6.45, 7) is 2.12. The zero-order valence-electron chi connectivity index (χ0n) is 63.2. The van der Waals surface area contributed by atoms with Crippen molar-refractivity contribution in [1.82, 2.24) is 29.9 Å². The van der Waals surface area contributed by atoms with E-state index < -0.39 is 0 Å². The van der Waals surface area contributed by atoms with Gasteiger partial charge in [0.15, 0.2) is 34.9 Å². The van der Waals surface area contributed by atoms with E-state index in [0.29, 0.717) is 34.9 Å². The molecule has 0 unspecified atom stereocenters. The van der Waals surface area contributed by atoms with E-state index in [1.54, 1.807) is 0 Å². The van der Waals surface area contributed by atoms with Crippen molar-refractivity contribution < 1.29 is 8.83 Å². The van der Waals surface area contributed by atoms with E-state index in [2.05, 4.69) is 304 Å². The van der Waals surface area contributed by atoms with Crippen LogP contribution in [0.2, 0.25) is 0 Å². The normalized spacial score (nSPS) is 11.6. The molecule has 0 saturated carbocycles. The fraction of sp³-hybridized carbons (Fsp3) is 0.00935. The fourth-order valence-corrected chi connectivity index (χ4v) is 19.2. The van der Waals surface area contributed by atoms with Gasteiger partial charge < -0.3 is 8.83 Å². The molecule has 23 rings (SSSR count). The van der Waals surface area contributed by atoms with Crippen molar-refractivity contribution in [1.29, 1.82) is 0 Å². The first-order valence-corrected chi connectivity index (χ1v) is 40.8. The van der Waals surface area contributed by atoms with Gasteiger partial charge in [-0.25, -0.2) is 29.9 Å². The van der Waals surface area contributed by atoms with E-state index in [9.17, 15) is 0 Å². The molecule has 0 aliphatic rings. The van der Waals surface area contributed by atoms with Crippen LogP contribution in [0.5, 0.6) is 0 Å². The molecule has 17 aromatic carbocycles. The van der Waals surface area contributed by atoms with Gasteiger partial charge >= 0.3 is 0 Å². The Bertz CT molecular complexity index is 7790. The second-order valence-electron chi connectivity index (χ2n) is 29.6. The molecule has 0 amide bonds. The molecule has 0 aliphatic carbocycles. The van der Waals surface area contributed by atoms with Crippen LogP contribution in [0.3, 0.4) is 0 Å². The summed E-state index contributed by atoms with van der Waals surface area (Å²) in [6.07, 6.45) is 0. The molecule has 0 bridgehead atoms. The van der Waals surface area contributed by atoms with E-state index in [1.165, 1.54) is 78.9 Å². The third kappa shape index (κ3) is 12.6. The van der Waals surface area contributed by atoms with Crippen LogP contribution in [0, 0.1) is 6.92 Å². The van der Waals surface area contributed by atoms with Gasteiger partial charge in [0.25, 0.3) is 0 Å². The number of aromatic nitrogens is 6. The second kappa shape index (κ2) is 28.9. The summed E-state index contributed by atoms with van der Waals surface area (Å²) in [5, 5.41) is 11.5. The zero-order valence-corrected chi connectivity index (χ0v) is 64.8. The minimum atomic E-state index is 0.589. The highest BCUT2D eigenvalue weighted by Gasteiger charge is 2.24. The molecule has 0 aliphatic heterocycles. The maximum atomic E-state index is 6.69. The molecule has 6 heterocycles. The molecule has 0 atom stereocenters. The third-order valence-corrected chi connectivity index (χ3v) is 24.7. The van der Waals surface area contributed by atoms with Crippen LogP contribution < -0.4 is 0 Å². The minimum absolute atomic E-state index is 0.589. The van der Waals surface area contributed by atoms with Gasteiger partial charge in [-0.3, -0.25) is 0 Å². The van der Waals surface area contributed by atoms with E-state index in [1.807, 2.05) is 108 Å². The predicted octanol–water partition coefficient (Wildman–Crippen LogP) is 29.7. The number of furan rings is 2. The number of hydrogen-bond acceptors (Lipinski definition) is 10. The van der Waals surface area contributed by atoms with E-state index >= 15 is 0 Å². The second-order valence-corrected chi connectivity index (χ2v) is 31.7. The third-order valence-electron chi connectivity index (χ3n) is 22.3. The molecule has 0 radical (unpaired) electrons. The summed E-state index contributed by atoms with van der Waals surface area (Å²) in [4.78, 5) is 31.0. The maximum Gasteiger partial charge on any atom is 0.164 e. The smallest absolute Gasteiger partial charge is 0.164 e. The fourth-order valence-electron chi connectivity index (χ4n) is 16.7. The Balaban J connectivity index is 0.000000143. The molecule has 117 heavy (non-hydrogen) atoms. The zero-order chi connectivity index (χ0) is 77.4. The number of fused-ring (bicyclic) bond motifs is 13. The van der Waals surface area contributed by atoms with Gasteiger partial charge in [0.1, 0.15) is 22.3 Å². The number of hydrogen-bond donors (Lipinski definition) is 0. The maximum absolute atomic E-state index is 6.69. The highest BCUT2D eigenvalue weighted by Crippen LogP contribution is 2.48. The Morgan fingerprint density at radius 1 is 0.205 bits per heavy atom. The lowest BCUT2D eigenvalue weighted by molar-refractivity contribution is 0.668. The van der Waals surface area contributed by atoms with Crippen molar-refractivity contribution in [2.45, 2.75) is 6.92 Å². The SMILES string of the molecule is Cc1cccc(-c2ccc3c(c2)oc2cccc(-c4nc(-c5ccccc5)nc(-c5cccc(-c6c7ccccc7cc7c6sc6ccccc67)c5)n4)c23)c1.c1ccc(-c2cc(-c3ccccc3)cc(-c3ccc4c(c3)oc3cccc(-c5nc(-c6ccccc6)nc(-c6cccc(-c7cccc8c7sc7ccccc78)c6)n5)c34)c2)cc1. The summed E-state index contributed by atoms with van der Waals surface area (Å²) in [6, 6.07) is 134. The van der Waals surface area contributed by atoms with E-state index in [0.717, 1.165) is 122 Å². The first-order chi connectivity index (χ1) is 57.8. The van der Waals surface area contributed by atoms with Gasteiger partial charge in [-0.2, -0.15) is 0 Å². The van der Waals surface area contributed by atoms with Gasteiger partial charge in [-0.15, -0.1) is 22.7 Å². The summed E-state index contributed by atoms with van der Waals surface area (Å²) >= 11 is 3.69. The predicted molar refractivity (Wildman–Crippen MR) is 487 cm³/mol. The van der Waals surface area contributed by atoms with Crippen LogP contribution in [0.1, 0.15) is 5.56 Å². The van der Waals surface area contributed by atoms with Crippen LogP contribution in [0.4, 0.5) is 0 Å². The molecule has 8 nitrogen and oxygen atoms in total. The molecular formula is C107H66N6O2S2. The van der Waals surface area contributed by atoms with Crippen LogP contribution in [0.15, 0.2) is 391 Å². The molecule has 0 spiro atoms. The number of aryl methyl sites for hydroxylation is 1. The quantitative estimate of drug-likeness (QED) is 0.119. The van der Waals surface area contributed by atoms with Crippen LogP contribution in [-0.2, 0) is 0 Å². The van der Waals surface area contributed by atoms with Crippen molar-refractivity contribution in [2.75, 3.05) is 0 Å². The molecule has 0 fully saturated rings. The van der Waals surface area contributed by atoms with Crippen molar-refractivity contribution in [3.63, 3.8) is 0 Å². The van der Waals surface area contributed by atoms with Gasteiger partial charge in [0.2, 0.25) is 0 Å². The van der Waals surface area contributed by atoms with Crippen LogP contribution >= 0.6 is 22.7 Å². The molecular weight excluding hydrogens is 1470 g/mol. The molecule has 0 N–H and O–H groups in total. The number of rotatable bonds is 12. The first-order valence-electron chi connectivity index (χ1n) is 39.2. The molecule has 6 aromatic heterocycles. The van der Waals surface area contributed by atoms with Crippen LogP contribution in [-0.4, -0.2) is 29.9 Å². The Morgan fingerprint density at radius 2 is 0.581 bits per heavy atom. The molecule has 548 valence electrons. The minimum Gasteiger partial charge on any atom is -0.456 e. The highest BCUT2D eigenvalue weighted by atomic mass is 32.1. The Hall–Kier alpha value is -14.9.